The lowest BCUT2D eigenvalue weighted by Crippen LogP contribution is -2.30. The number of hydrogen-bond donors (Lipinski definition) is 1. The van der Waals surface area contributed by atoms with Crippen LogP contribution in [0.2, 0.25) is 0 Å². The Balaban J connectivity index is 2.11. The van der Waals surface area contributed by atoms with Crippen LogP contribution in [0, 0.1) is 0 Å². The molecule has 0 aliphatic heterocycles. The Kier molecular flexibility index (Phi) is 6.06. The van der Waals surface area contributed by atoms with Crippen molar-refractivity contribution >= 4 is 23.3 Å². The Hall–Kier alpha value is -2.95. The summed E-state index contributed by atoms with van der Waals surface area (Å²) in [5, 5.41) is 2.76. The van der Waals surface area contributed by atoms with Crippen LogP contribution < -0.4 is 5.32 Å². The molecule has 0 aliphatic carbocycles. The molecule has 0 spiro atoms. The highest BCUT2D eigenvalue weighted by molar-refractivity contribution is 6.05. The second kappa shape index (κ2) is 8.24. The smallest absolute Gasteiger partial charge is 0.255 e. The zero-order valence-corrected chi connectivity index (χ0v) is 14.7. The zero-order chi connectivity index (χ0) is 18.4. The van der Waals surface area contributed by atoms with Crippen LogP contribution in [-0.2, 0) is 0 Å². The number of anilines is 1. The van der Waals surface area contributed by atoms with Crippen LogP contribution in [-0.4, -0.2) is 35.6 Å². The van der Waals surface area contributed by atoms with E-state index < -0.39 is 0 Å². The molecule has 5 nitrogen and oxygen atoms in total. The van der Waals surface area contributed by atoms with E-state index in [9.17, 15) is 14.4 Å². The van der Waals surface area contributed by atoms with Crippen LogP contribution in [0.3, 0.4) is 0 Å². The molecule has 0 fully saturated rings. The van der Waals surface area contributed by atoms with Crippen LogP contribution in [0.4, 0.5) is 5.69 Å². The number of ketones is 1. The number of amides is 2. The van der Waals surface area contributed by atoms with Crippen LogP contribution >= 0.6 is 0 Å². The number of hydrogen-bond acceptors (Lipinski definition) is 3. The van der Waals surface area contributed by atoms with Crippen LogP contribution in [0.1, 0.15) is 51.8 Å². The molecule has 5 heteroatoms. The van der Waals surface area contributed by atoms with E-state index in [1.807, 2.05) is 13.8 Å². The van der Waals surface area contributed by atoms with E-state index >= 15 is 0 Å². The molecule has 0 saturated heterocycles. The van der Waals surface area contributed by atoms with Gasteiger partial charge in [-0.25, -0.2) is 0 Å². The number of carbonyl (C=O) groups excluding carboxylic acids is 3. The summed E-state index contributed by atoms with van der Waals surface area (Å²) < 4.78 is 0. The van der Waals surface area contributed by atoms with E-state index in [4.69, 9.17) is 0 Å². The number of Topliss-reactive ketones (excluding diaryl/α,β-unsaturated/α-hetero) is 1. The highest BCUT2D eigenvalue weighted by atomic mass is 16.2. The minimum absolute atomic E-state index is 0.0499. The van der Waals surface area contributed by atoms with Crippen LogP contribution in [0.5, 0.6) is 0 Å². The van der Waals surface area contributed by atoms with Crippen molar-refractivity contribution in [1.29, 1.82) is 0 Å². The first-order chi connectivity index (χ1) is 12.0. The predicted molar refractivity (Wildman–Crippen MR) is 98.1 cm³/mol. The van der Waals surface area contributed by atoms with Crippen molar-refractivity contribution in [3.05, 3.63) is 65.2 Å². The van der Waals surface area contributed by atoms with Crippen LogP contribution in [0.25, 0.3) is 0 Å². The summed E-state index contributed by atoms with van der Waals surface area (Å²) in [5.41, 5.74) is 2.10. The van der Waals surface area contributed by atoms with Gasteiger partial charge in [0.05, 0.1) is 0 Å². The lowest BCUT2D eigenvalue weighted by Gasteiger charge is -2.18. The maximum absolute atomic E-state index is 12.3. The molecule has 0 unspecified atom stereocenters. The third-order valence-corrected chi connectivity index (χ3v) is 3.97. The summed E-state index contributed by atoms with van der Waals surface area (Å²) in [6.07, 6.45) is 0. The van der Waals surface area contributed by atoms with Crippen molar-refractivity contribution in [3.63, 3.8) is 0 Å². The van der Waals surface area contributed by atoms with Gasteiger partial charge in [0.1, 0.15) is 0 Å². The normalized spacial score (nSPS) is 10.2. The SMILES string of the molecule is CCN(CC)C(=O)c1ccc(C(=O)Nc2cccc(C(C)=O)c2)cc1. The van der Waals surface area contributed by atoms with Gasteiger partial charge in [-0.1, -0.05) is 12.1 Å². The Labute approximate surface area is 147 Å². The average molecular weight is 338 g/mol. The van der Waals surface area contributed by atoms with Crippen molar-refractivity contribution in [2.75, 3.05) is 18.4 Å². The molecule has 2 aromatic carbocycles. The topological polar surface area (TPSA) is 66.5 Å². The Bertz CT molecular complexity index is 778. The third-order valence-electron chi connectivity index (χ3n) is 3.97. The van der Waals surface area contributed by atoms with Gasteiger partial charge in [0.2, 0.25) is 0 Å². The maximum Gasteiger partial charge on any atom is 0.255 e. The molecule has 0 atom stereocenters. The molecular weight excluding hydrogens is 316 g/mol. The molecular formula is C20H22N2O3. The number of rotatable bonds is 6. The van der Waals surface area contributed by atoms with E-state index in [1.54, 1.807) is 53.4 Å². The minimum atomic E-state index is -0.289. The molecule has 0 radical (unpaired) electrons. The number of benzene rings is 2. The largest absolute Gasteiger partial charge is 0.339 e. The second-order valence-electron chi connectivity index (χ2n) is 5.65. The Morgan fingerprint density at radius 3 is 2.04 bits per heavy atom. The van der Waals surface area contributed by atoms with Gasteiger partial charge in [0.25, 0.3) is 11.8 Å². The van der Waals surface area contributed by atoms with Crippen LogP contribution in [0.15, 0.2) is 48.5 Å². The summed E-state index contributed by atoms with van der Waals surface area (Å²) in [5.74, 6) is -0.399. The fourth-order valence-corrected chi connectivity index (χ4v) is 2.48. The number of nitrogens with one attached hydrogen (secondary N) is 1. The number of carbonyl (C=O) groups is 3. The zero-order valence-electron chi connectivity index (χ0n) is 14.7. The molecule has 0 bridgehead atoms. The highest BCUT2D eigenvalue weighted by Crippen LogP contribution is 2.14. The van der Waals surface area contributed by atoms with Gasteiger partial charge in [0.15, 0.2) is 5.78 Å². The molecule has 1 N–H and O–H groups in total. The third kappa shape index (κ3) is 4.53. The first kappa shape index (κ1) is 18.4. The van der Waals surface area contributed by atoms with E-state index in [-0.39, 0.29) is 17.6 Å². The minimum Gasteiger partial charge on any atom is -0.339 e. The lowest BCUT2D eigenvalue weighted by atomic mass is 10.1. The molecule has 0 aromatic heterocycles. The molecule has 25 heavy (non-hydrogen) atoms. The fourth-order valence-electron chi connectivity index (χ4n) is 2.48. The Morgan fingerprint density at radius 2 is 1.48 bits per heavy atom. The first-order valence-electron chi connectivity index (χ1n) is 8.28. The van der Waals surface area contributed by atoms with E-state index in [2.05, 4.69) is 5.32 Å². The summed E-state index contributed by atoms with van der Waals surface area (Å²) in [7, 11) is 0. The molecule has 2 amide bonds. The molecule has 0 heterocycles. The van der Waals surface area contributed by atoms with Crippen molar-refractivity contribution in [3.8, 4) is 0 Å². The van der Waals surface area contributed by atoms with Crippen molar-refractivity contribution in [1.82, 2.24) is 4.90 Å². The standard InChI is InChI=1S/C20H22N2O3/c1-4-22(5-2)20(25)16-11-9-15(10-12-16)19(24)21-18-8-6-7-17(13-18)14(3)23/h6-13H,4-5H2,1-3H3,(H,21,24). The first-order valence-corrected chi connectivity index (χ1v) is 8.28. The molecule has 2 rings (SSSR count). The summed E-state index contributed by atoms with van der Waals surface area (Å²) >= 11 is 0. The summed E-state index contributed by atoms with van der Waals surface area (Å²) in [6.45, 7) is 6.62. The molecule has 0 aliphatic rings. The van der Waals surface area contributed by atoms with E-state index in [1.165, 1.54) is 6.92 Å². The van der Waals surface area contributed by atoms with Crippen molar-refractivity contribution < 1.29 is 14.4 Å². The average Bonchev–Trinajstić information content (AvgIpc) is 2.63. The molecule has 2 aromatic rings. The van der Waals surface area contributed by atoms with Crippen molar-refractivity contribution in [2.24, 2.45) is 0 Å². The van der Waals surface area contributed by atoms with Gasteiger partial charge in [-0.3, -0.25) is 14.4 Å². The summed E-state index contributed by atoms with van der Waals surface area (Å²) in [4.78, 5) is 37.7. The monoisotopic (exact) mass is 338 g/mol. The molecule has 130 valence electrons. The second-order valence-corrected chi connectivity index (χ2v) is 5.65. The quantitative estimate of drug-likeness (QED) is 0.818. The fraction of sp³-hybridized carbons (Fsp3) is 0.250. The van der Waals surface area contributed by atoms with Gasteiger partial charge >= 0.3 is 0 Å². The molecule has 0 saturated carbocycles. The van der Waals surface area contributed by atoms with E-state index in [0.717, 1.165) is 0 Å². The number of nitrogens with zero attached hydrogens (tertiary/aromatic N) is 1. The summed E-state index contributed by atoms with van der Waals surface area (Å²) in [6, 6.07) is 13.3. The lowest BCUT2D eigenvalue weighted by molar-refractivity contribution is 0.0772. The van der Waals surface area contributed by atoms with Gasteiger partial charge < -0.3 is 10.2 Å². The maximum atomic E-state index is 12.3. The Morgan fingerprint density at radius 1 is 0.880 bits per heavy atom. The van der Waals surface area contributed by atoms with Gasteiger partial charge in [-0.15, -0.1) is 0 Å². The van der Waals surface area contributed by atoms with Gasteiger partial charge in [0, 0.05) is 35.5 Å². The van der Waals surface area contributed by atoms with Gasteiger partial charge in [-0.05, 0) is 57.2 Å². The van der Waals surface area contributed by atoms with Crippen molar-refractivity contribution in [2.45, 2.75) is 20.8 Å². The van der Waals surface area contributed by atoms with Gasteiger partial charge in [-0.2, -0.15) is 0 Å². The predicted octanol–water partition coefficient (Wildman–Crippen LogP) is 3.62. The highest BCUT2D eigenvalue weighted by Gasteiger charge is 2.13. The van der Waals surface area contributed by atoms with E-state index in [0.29, 0.717) is 35.5 Å².